The van der Waals surface area contributed by atoms with Crippen LogP contribution in [0.4, 0.5) is 0 Å². The number of hydrogen-bond acceptors (Lipinski definition) is 2. The van der Waals surface area contributed by atoms with E-state index >= 15 is 0 Å². The minimum absolute atomic E-state index is 0. The normalized spacial score (nSPS) is 13.9. The average Bonchev–Trinajstić information content (AvgIpc) is 2.71. The van der Waals surface area contributed by atoms with Gasteiger partial charge in [-0.15, -0.1) is 28.7 Å². The summed E-state index contributed by atoms with van der Waals surface area (Å²) in [5.74, 6) is 0.801. The Balaban J connectivity index is 0.000000980. The van der Waals surface area contributed by atoms with Crippen LogP contribution in [0.2, 0.25) is 0 Å². The van der Waals surface area contributed by atoms with Gasteiger partial charge in [-0.1, -0.05) is 18.2 Å². The van der Waals surface area contributed by atoms with E-state index < -0.39 is 0 Å². The maximum absolute atomic E-state index is 11.7. The molecular weight excluding hydrogens is 262 g/mol. The lowest BCUT2D eigenvalue weighted by atomic mass is 10.2. The molecule has 0 unspecified atom stereocenters. The molecule has 1 amide bonds. The average molecular weight is 272 g/mol. The molecule has 0 bridgehead atoms. The van der Waals surface area contributed by atoms with Crippen LogP contribution in [-0.4, -0.2) is 16.7 Å². The van der Waals surface area contributed by atoms with Gasteiger partial charge in [0.05, 0.1) is 5.88 Å². The number of carbonyl (C=O) groups excluding carboxylic acids is 1. The first-order valence-corrected chi connectivity index (χ1v) is 5.07. The first-order chi connectivity index (χ1) is 6.38. The van der Waals surface area contributed by atoms with E-state index in [1.165, 1.54) is 0 Å². The summed E-state index contributed by atoms with van der Waals surface area (Å²) < 4.78 is 0. The van der Waals surface area contributed by atoms with Crippen LogP contribution in [0.5, 0.6) is 0 Å². The molecule has 0 aliphatic carbocycles. The van der Waals surface area contributed by atoms with Crippen LogP contribution >= 0.6 is 28.7 Å². The lowest BCUT2D eigenvalue weighted by Crippen LogP contribution is -2.22. The Bertz CT molecular complexity index is 339. The number of nitrogens with zero attached hydrogens (tertiary/aromatic N) is 1. The van der Waals surface area contributed by atoms with Crippen molar-refractivity contribution < 1.29 is 4.79 Å². The van der Waals surface area contributed by atoms with E-state index in [4.69, 9.17) is 0 Å². The summed E-state index contributed by atoms with van der Waals surface area (Å²) in [6, 6.07) is 9.32. The van der Waals surface area contributed by atoms with Gasteiger partial charge in [-0.2, -0.15) is 0 Å². The summed E-state index contributed by atoms with van der Waals surface area (Å²) in [6.45, 7) is 0. The maximum atomic E-state index is 11.7. The van der Waals surface area contributed by atoms with Crippen molar-refractivity contribution in [2.75, 3.05) is 5.88 Å². The molecule has 0 saturated heterocycles. The third-order valence-corrected chi connectivity index (χ3v) is 2.57. The van der Waals surface area contributed by atoms with Crippen molar-refractivity contribution in [2.24, 2.45) is 0 Å². The van der Waals surface area contributed by atoms with Crippen molar-refractivity contribution in [3.05, 3.63) is 47.5 Å². The highest BCUT2D eigenvalue weighted by atomic mass is 79.9. The molecular formula is C10H10BrNOS. The van der Waals surface area contributed by atoms with E-state index in [-0.39, 0.29) is 22.9 Å². The number of benzene rings is 1. The molecule has 74 valence electrons. The lowest BCUT2D eigenvalue weighted by Gasteiger charge is -2.11. The van der Waals surface area contributed by atoms with Gasteiger partial charge in [0, 0.05) is 11.8 Å². The second kappa shape index (κ2) is 5.22. The summed E-state index contributed by atoms with van der Waals surface area (Å²) in [7, 11) is 0. The molecule has 1 aliphatic rings. The lowest BCUT2D eigenvalue weighted by molar-refractivity contribution is 0.0846. The van der Waals surface area contributed by atoms with Gasteiger partial charge >= 0.3 is 0 Å². The van der Waals surface area contributed by atoms with Crippen molar-refractivity contribution >= 4 is 34.7 Å². The summed E-state index contributed by atoms with van der Waals surface area (Å²) >= 11 is 1.63. The Hall–Kier alpha value is -0.740. The SMILES string of the molecule is Br.O=C(c1ccccc1)N1C=CSC1. The third-order valence-electron chi connectivity index (χ3n) is 1.83. The van der Waals surface area contributed by atoms with Crippen LogP contribution in [0.15, 0.2) is 41.9 Å². The summed E-state index contributed by atoms with van der Waals surface area (Å²) in [6.07, 6.45) is 1.82. The molecule has 0 fully saturated rings. The smallest absolute Gasteiger partial charge is 0.258 e. The number of thioether (sulfide) groups is 1. The molecule has 0 N–H and O–H groups in total. The summed E-state index contributed by atoms with van der Waals surface area (Å²) in [5, 5.41) is 1.93. The molecule has 1 aromatic carbocycles. The molecule has 14 heavy (non-hydrogen) atoms. The predicted molar refractivity (Wildman–Crippen MR) is 64.5 cm³/mol. The third kappa shape index (κ3) is 2.39. The fourth-order valence-corrected chi connectivity index (χ4v) is 1.84. The molecule has 0 saturated carbocycles. The highest BCUT2D eigenvalue weighted by Crippen LogP contribution is 2.17. The highest BCUT2D eigenvalue weighted by Gasteiger charge is 2.14. The Morgan fingerprint density at radius 3 is 2.57 bits per heavy atom. The van der Waals surface area contributed by atoms with Gasteiger partial charge in [0.25, 0.3) is 5.91 Å². The molecule has 4 heteroatoms. The van der Waals surface area contributed by atoms with Gasteiger partial charge < -0.3 is 4.90 Å². The van der Waals surface area contributed by atoms with Gasteiger partial charge in [0.15, 0.2) is 0 Å². The van der Waals surface area contributed by atoms with E-state index in [0.717, 1.165) is 11.4 Å². The fourth-order valence-electron chi connectivity index (χ4n) is 1.16. The maximum Gasteiger partial charge on any atom is 0.258 e. The van der Waals surface area contributed by atoms with Gasteiger partial charge in [0.1, 0.15) is 0 Å². The fraction of sp³-hybridized carbons (Fsp3) is 0.100. The first kappa shape index (κ1) is 11.3. The number of amides is 1. The molecule has 0 atom stereocenters. The topological polar surface area (TPSA) is 20.3 Å². The highest BCUT2D eigenvalue weighted by molar-refractivity contribution is 8.93. The quantitative estimate of drug-likeness (QED) is 0.783. The molecule has 2 rings (SSSR count). The van der Waals surface area contributed by atoms with Crippen molar-refractivity contribution in [1.82, 2.24) is 4.90 Å². The van der Waals surface area contributed by atoms with E-state index in [1.807, 2.05) is 41.9 Å². The largest absolute Gasteiger partial charge is 0.304 e. The van der Waals surface area contributed by atoms with E-state index in [2.05, 4.69) is 0 Å². The van der Waals surface area contributed by atoms with Crippen LogP contribution in [0.1, 0.15) is 10.4 Å². The Kier molecular flexibility index (Phi) is 4.22. The zero-order chi connectivity index (χ0) is 9.10. The van der Waals surface area contributed by atoms with Gasteiger partial charge in [-0.05, 0) is 17.5 Å². The minimum atomic E-state index is 0. The minimum Gasteiger partial charge on any atom is -0.304 e. The number of carbonyl (C=O) groups is 1. The van der Waals surface area contributed by atoms with Gasteiger partial charge in [-0.25, -0.2) is 0 Å². The van der Waals surface area contributed by atoms with Crippen molar-refractivity contribution in [3.8, 4) is 0 Å². The number of rotatable bonds is 1. The van der Waals surface area contributed by atoms with Crippen LogP contribution in [0.3, 0.4) is 0 Å². The molecule has 1 heterocycles. The first-order valence-electron chi connectivity index (χ1n) is 4.02. The van der Waals surface area contributed by atoms with Gasteiger partial charge in [-0.3, -0.25) is 4.79 Å². The standard InChI is InChI=1S/C10H9NOS.BrH/c12-10(11-6-7-13-8-11)9-4-2-1-3-5-9;/h1-7H,8H2;1H. The van der Waals surface area contributed by atoms with E-state index in [0.29, 0.717) is 0 Å². The van der Waals surface area contributed by atoms with E-state index in [9.17, 15) is 4.79 Å². The van der Waals surface area contributed by atoms with Crippen LogP contribution in [0, 0.1) is 0 Å². The monoisotopic (exact) mass is 271 g/mol. The Morgan fingerprint density at radius 2 is 2.00 bits per heavy atom. The Morgan fingerprint density at radius 1 is 1.29 bits per heavy atom. The van der Waals surface area contributed by atoms with Crippen molar-refractivity contribution in [1.29, 1.82) is 0 Å². The van der Waals surface area contributed by atoms with Crippen molar-refractivity contribution in [3.63, 3.8) is 0 Å². The molecule has 2 nitrogen and oxygen atoms in total. The summed E-state index contributed by atoms with van der Waals surface area (Å²) in [5.41, 5.74) is 0.745. The zero-order valence-corrected chi connectivity index (χ0v) is 9.95. The summed E-state index contributed by atoms with van der Waals surface area (Å²) in [4.78, 5) is 13.4. The van der Waals surface area contributed by atoms with Crippen LogP contribution in [0.25, 0.3) is 0 Å². The molecule has 1 aromatic rings. The second-order valence-corrected chi connectivity index (χ2v) is 3.59. The molecule has 1 aliphatic heterocycles. The predicted octanol–water partition coefficient (Wildman–Crippen LogP) is 2.88. The van der Waals surface area contributed by atoms with Crippen molar-refractivity contribution in [2.45, 2.75) is 0 Å². The molecule has 0 aromatic heterocycles. The molecule has 0 spiro atoms. The molecule has 0 radical (unpaired) electrons. The van der Waals surface area contributed by atoms with E-state index in [1.54, 1.807) is 16.7 Å². The number of hydrogen-bond donors (Lipinski definition) is 0. The zero-order valence-electron chi connectivity index (χ0n) is 7.42. The number of halogens is 1. The van der Waals surface area contributed by atoms with Crippen LogP contribution in [-0.2, 0) is 0 Å². The Labute approximate surface area is 97.8 Å². The second-order valence-electron chi connectivity index (χ2n) is 2.72. The van der Waals surface area contributed by atoms with Crippen LogP contribution < -0.4 is 0 Å². The van der Waals surface area contributed by atoms with Gasteiger partial charge in [0.2, 0.25) is 0 Å².